The second-order valence-corrected chi connectivity index (χ2v) is 9.30. The predicted octanol–water partition coefficient (Wildman–Crippen LogP) is 7.93. The van der Waals surface area contributed by atoms with Gasteiger partial charge in [-0.2, -0.15) is 4.57 Å². The normalized spacial score (nSPS) is 14.0. The predicted molar refractivity (Wildman–Crippen MR) is 128 cm³/mol. The first kappa shape index (κ1) is 19.0. The van der Waals surface area contributed by atoms with Crippen molar-refractivity contribution in [2.45, 2.75) is 6.92 Å². The smallest absolute Gasteiger partial charge is 0.386 e. The first-order valence-corrected chi connectivity index (χ1v) is 11.9. The highest BCUT2D eigenvalue weighted by atomic mass is 31.2. The van der Waals surface area contributed by atoms with Crippen LogP contribution in [0.2, 0.25) is 0 Å². The molecule has 0 unspecified atom stereocenters. The lowest BCUT2D eigenvalue weighted by molar-refractivity contribution is 0.302. The van der Waals surface area contributed by atoms with E-state index in [9.17, 15) is 4.57 Å². The number of benzene rings is 5. The van der Waals surface area contributed by atoms with Gasteiger partial charge in [-0.05, 0) is 58.3 Å². The maximum absolute atomic E-state index is 13.9. The third-order valence-electron chi connectivity index (χ3n) is 5.66. The summed E-state index contributed by atoms with van der Waals surface area (Å²) in [5.74, 6) is 1.37. The van der Waals surface area contributed by atoms with Gasteiger partial charge in [-0.1, -0.05) is 72.8 Å². The summed E-state index contributed by atoms with van der Waals surface area (Å²) in [6, 6.07) is 31.1. The molecule has 0 amide bonds. The Morgan fingerprint density at radius 3 is 1.78 bits per heavy atom. The second-order valence-electron chi connectivity index (χ2n) is 7.86. The zero-order valence-corrected chi connectivity index (χ0v) is 18.2. The molecule has 5 aromatic rings. The SMILES string of the molecule is Cc1cccc(OP2(=O)Oc3ccc4ccccc4c3-c3c(ccc4ccccc34)O2)c1. The molecular weight excluding hydrogens is 419 g/mol. The van der Waals surface area contributed by atoms with E-state index in [-0.39, 0.29) is 0 Å². The zero-order chi connectivity index (χ0) is 21.7. The molecule has 0 aromatic heterocycles. The van der Waals surface area contributed by atoms with E-state index in [0.29, 0.717) is 17.2 Å². The highest BCUT2D eigenvalue weighted by molar-refractivity contribution is 7.49. The van der Waals surface area contributed by atoms with Gasteiger partial charge in [0.15, 0.2) is 0 Å². The van der Waals surface area contributed by atoms with Crippen LogP contribution in [-0.4, -0.2) is 0 Å². The Kier molecular flexibility index (Phi) is 4.24. The second kappa shape index (κ2) is 7.15. The minimum Gasteiger partial charge on any atom is -0.386 e. The van der Waals surface area contributed by atoms with E-state index in [0.717, 1.165) is 38.2 Å². The summed E-state index contributed by atoms with van der Waals surface area (Å²) >= 11 is 0. The Hall–Kier alpha value is -3.75. The summed E-state index contributed by atoms with van der Waals surface area (Å²) in [5, 5.41) is 4.11. The van der Waals surface area contributed by atoms with E-state index in [2.05, 4.69) is 12.1 Å². The van der Waals surface area contributed by atoms with Crippen LogP contribution in [0.3, 0.4) is 0 Å². The van der Waals surface area contributed by atoms with Gasteiger partial charge in [-0.25, -0.2) is 0 Å². The maximum Gasteiger partial charge on any atom is 0.647 e. The zero-order valence-electron chi connectivity index (χ0n) is 17.3. The summed E-state index contributed by atoms with van der Waals surface area (Å²) in [7, 11) is -4.02. The van der Waals surface area contributed by atoms with Crippen LogP contribution in [0, 0.1) is 6.92 Å². The molecule has 0 aliphatic carbocycles. The average Bonchev–Trinajstić information content (AvgIpc) is 2.92. The Morgan fingerprint density at radius 1 is 0.656 bits per heavy atom. The first-order valence-electron chi connectivity index (χ1n) is 10.4. The molecule has 0 fully saturated rings. The van der Waals surface area contributed by atoms with Crippen molar-refractivity contribution in [3.8, 4) is 28.4 Å². The number of fused-ring (bicyclic) bond motifs is 7. The largest absolute Gasteiger partial charge is 0.647 e. The molecular formula is C27H19O4P. The molecule has 32 heavy (non-hydrogen) atoms. The Balaban J connectivity index is 1.64. The summed E-state index contributed by atoms with van der Waals surface area (Å²) in [4.78, 5) is 0. The van der Waals surface area contributed by atoms with Crippen molar-refractivity contribution in [1.29, 1.82) is 0 Å². The van der Waals surface area contributed by atoms with E-state index in [1.54, 1.807) is 12.1 Å². The Morgan fingerprint density at radius 2 is 1.22 bits per heavy atom. The van der Waals surface area contributed by atoms with Crippen LogP contribution >= 0.6 is 7.82 Å². The molecule has 156 valence electrons. The van der Waals surface area contributed by atoms with Crippen molar-refractivity contribution in [2.75, 3.05) is 0 Å². The molecule has 0 N–H and O–H groups in total. The highest BCUT2D eigenvalue weighted by Gasteiger charge is 2.39. The lowest BCUT2D eigenvalue weighted by atomic mass is 9.92. The molecule has 1 aliphatic heterocycles. The minimum atomic E-state index is -4.02. The van der Waals surface area contributed by atoms with Crippen LogP contribution in [0.4, 0.5) is 0 Å². The summed E-state index contributed by atoms with van der Waals surface area (Å²) < 4.78 is 31.8. The van der Waals surface area contributed by atoms with Crippen molar-refractivity contribution in [3.63, 3.8) is 0 Å². The van der Waals surface area contributed by atoms with Gasteiger partial charge in [0.25, 0.3) is 0 Å². The minimum absolute atomic E-state index is 0.430. The van der Waals surface area contributed by atoms with Gasteiger partial charge in [0.2, 0.25) is 0 Å². The fourth-order valence-electron chi connectivity index (χ4n) is 4.27. The third kappa shape index (κ3) is 3.12. The van der Waals surface area contributed by atoms with Crippen molar-refractivity contribution < 1.29 is 18.1 Å². The number of hydrogen-bond acceptors (Lipinski definition) is 4. The van der Waals surface area contributed by atoms with Gasteiger partial charge >= 0.3 is 7.82 Å². The molecule has 1 heterocycles. The van der Waals surface area contributed by atoms with Gasteiger partial charge in [-0.3, -0.25) is 0 Å². The van der Waals surface area contributed by atoms with Gasteiger partial charge in [-0.15, -0.1) is 0 Å². The molecule has 0 atom stereocenters. The lowest BCUT2D eigenvalue weighted by Gasteiger charge is -2.18. The summed E-state index contributed by atoms with van der Waals surface area (Å²) in [5.41, 5.74) is 2.68. The van der Waals surface area contributed by atoms with Crippen LogP contribution in [0.1, 0.15) is 5.56 Å². The van der Waals surface area contributed by atoms with E-state index >= 15 is 0 Å². The van der Waals surface area contributed by atoms with E-state index in [1.165, 1.54) is 0 Å². The Bertz CT molecular complexity index is 1470. The van der Waals surface area contributed by atoms with Gasteiger partial charge in [0.05, 0.1) is 0 Å². The third-order valence-corrected chi connectivity index (χ3v) is 6.93. The summed E-state index contributed by atoms with van der Waals surface area (Å²) in [6.45, 7) is 1.94. The molecule has 5 aromatic carbocycles. The molecule has 0 spiro atoms. The van der Waals surface area contributed by atoms with Gasteiger partial charge in [0.1, 0.15) is 17.2 Å². The molecule has 0 bridgehead atoms. The fourth-order valence-corrected chi connectivity index (χ4v) is 5.54. The van der Waals surface area contributed by atoms with Gasteiger partial charge in [0, 0.05) is 11.1 Å². The number of aryl methyl sites for hydroxylation is 1. The van der Waals surface area contributed by atoms with Crippen LogP contribution in [-0.2, 0) is 4.57 Å². The molecule has 0 radical (unpaired) electrons. The number of rotatable bonds is 2. The van der Waals surface area contributed by atoms with Crippen molar-refractivity contribution >= 4 is 29.4 Å². The summed E-state index contributed by atoms with van der Waals surface area (Å²) in [6.07, 6.45) is 0. The van der Waals surface area contributed by atoms with Crippen LogP contribution in [0.25, 0.3) is 32.7 Å². The molecule has 1 aliphatic rings. The van der Waals surface area contributed by atoms with Crippen molar-refractivity contribution in [2.24, 2.45) is 0 Å². The first-order chi connectivity index (χ1) is 15.6. The van der Waals surface area contributed by atoms with Crippen LogP contribution in [0.15, 0.2) is 97.1 Å². The van der Waals surface area contributed by atoms with E-state index in [4.69, 9.17) is 13.6 Å². The standard InChI is InChI=1S/C27H19O4P/c1-18-7-6-10-21(17-18)29-32(28)30-24-15-13-19-8-2-4-11-22(19)26(24)27-23-12-5-3-9-20(23)14-16-25(27)31-32/h2-17H,1H3. The fraction of sp³-hybridized carbons (Fsp3) is 0.0370. The molecule has 5 heteroatoms. The Labute approximate surface area is 185 Å². The molecule has 6 rings (SSSR count). The number of phosphoric ester groups is 1. The average molecular weight is 438 g/mol. The monoisotopic (exact) mass is 438 g/mol. The van der Waals surface area contributed by atoms with E-state index < -0.39 is 7.82 Å². The lowest BCUT2D eigenvalue weighted by Crippen LogP contribution is -2.06. The van der Waals surface area contributed by atoms with Crippen LogP contribution in [0.5, 0.6) is 17.2 Å². The quantitative estimate of drug-likeness (QED) is 0.263. The maximum atomic E-state index is 13.9. The molecule has 4 nitrogen and oxygen atoms in total. The molecule has 0 saturated heterocycles. The number of hydrogen-bond donors (Lipinski definition) is 0. The van der Waals surface area contributed by atoms with E-state index in [1.807, 2.05) is 79.7 Å². The van der Waals surface area contributed by atoms with Crippen LogP contribution < -0.4 is 13.6 Å². The van der Waals surface area contributed by atoms with Crippen molar-refractivity contribution in [1.82, 2.24) is 0 Å². The topological polar surface area (TPSA) is 44.8 Å². The van der Waals surface area contributed by atoms with Crippen molar-refractivity contribution in [3.05, 3.63) is 103 Å². The molecule has 0 saturated carbocycles. The highest BCUT2D eigenvalue weighted by Crippen LogP contribution is 2.59. The van der Waals surface area contributed by atoms with Gasteiger partial charge < -0.3 is 13.6 Å². The number of phosphoric acid groups is 1.